The van der Waals surface area contributed by atoms with E-state index >= 15 is 0 Å². The number of carboxylic acid groups (broad SMARTS) is 1. The number of allylic oxidation sites excluding steroid dienone is 1. The lowest BCUT2D eigenvalue weighted by atomic mass is 9.72. The van der Waals surface area contributed by atoms with Crippen molar-refractivity contribution in [2.24, 2.45) is 5.92 Å². The van der Waals surface area contributed by atoms with Crippen LogP contribution < -0.4 is 0 Å². The fraction of sp³-hybridized carbons (Fsp3) is 0.308. The van der Waals surface area contributed by atoms with E-state index in [2.05, 4.69) is 6.58 Å². The molecule has 2 heteroatoms. The Kier molecular flexibility index (Phi) is 3.30. The summed E-state index contributed by atoms with van der Waals surface area (Å²) in [6.45, 7) is 7.27. The first-order chi connectivity index (χ1) is 7.03. The van der Waals surface area contributed by atoms with Crippen molar-refractivity contribution >= 4 is 5.97 Å². The average molecular weight is 204 g/mol. The fourth-order valence-corrected chi connectivity index (χ4v) is 1.60. The highest BCUT2D eigenvalue weighted by Crippen LogP contribution is 2.32. The molecule has 1 N–H and O–H groups in total. The van der Waals surface area contributed by atoms with E-state index in [1.54, 1.807) is 13.0 Å². The van der Waals surface area contributed by atoms with E-state index in [9.17, 15) is 9.90 Å². The second-order valence-corrected chi connectivity index (χ2v) is 3.90. The maximum absolute atomic E-state index is 11.4. The van der Waals surface area contributed by atoms with Gasteiger partial charge < -0.3 is 5.11 Å². The highest BCUT2D eigenvalue weighted by molar-refractivity contribution is 5.81. The van der Waals surface area contributed by atoms with Crippen molar-refractivity contribution in [3.63, 3.8) is 0 Å². The Morgan fingerprint density at radius 3 is 2.40 bits per heavy atom. The molecule has 1 aromatic rings. The highest BCUT2D eigenvalue weighted by Gasteiger charge is 2.39. The van der Waals surface area contributed by atoms with Crippen molar-refractivity contribution in [2.75, 3.05) is 0 Å². The molecule has 1 rings (SSSR count). The van der Waals surface area contributed by atoms with Crippen LogP contribution in [0.5, 0.6) is 0 Å². The van der Waals surface area contributed by atoms with Gasteiger partial charge in [-0.2, -0.15) is 0 Å². The van der Waals surface area contributed by atoms with Crippen LogP contribution in [-0.2, 0) is 10.2 Å². The summed E-state index contributed by atoms with van der Waals surface area (Å²) in [5.74, 6) is -0.932. The number of carboxylic acids is 1. The number of benzene rings is 1. The van der Waals surface area contributed by atoms with Crippen molar-refractivity contribution in [1.29, 1.82) is 0 Å². The summed E-state index contributed by atoms with van der Waals surface area (Å²) in [7, 11) is 0. The van der Waals surface area contributed by atoms with Gasteiger partial charge in [-0.15, -0.1) is 6.58 Å². The summed E-state index contributed by atoms with van der Waals surface area (Å²) in [6.07, 6.45) is 1.68. The molecule has 0 radical (unpaired) electrons. The first-order valence-corrected chi connectivity index (χ1v) is 4.95. The number of hydrogen-bond acceptors (Lipinski definition) is 1. The summed E-state index contributed by atoms with van der Waals surface area (Å²) in [5.41, 5.74) is -0.0897. The average Bonchev–Trinajstić information content (AvgIpc) is 2.27. The lowest BCUT2D eigenvalue weighted by molar-refractivity contribution is -0.144. The Morgan fingerprint density at radius 1 is 1.47 bits per heavy atom. The van der Waals surface area contributed by atoms with Crippen LogP contribution in [0.1, 0.15) is 19.4 Å². The predicted molar refractivity (Wildman–Crippen MR) is 60.8 cm³/mol. The smallest absolute Gasteiger partial charge is 0.314 e. The van der Waals surface area contributed by atoms with Crippen molar-refractivity contribution in [3.05, 3.63) is 48.6 Å². The maximum atomic E-state index is 11.4. The van der Waals surface area contributed by atoms with E-state index in [0.717, 1.165) is 5.56 Å². The molecule has 0 fully saturated rings. The van der Waals surface area contributed by atoms with E-state index in [1.165, 1.54) is 0 Å². The molecular formula is C13H16O2. The highest BCUT2D eigenvalue weighted by atomic mass is 16.4. The zero-order chi connectivity index (χ0) is 11.5. The predicted octanol–water partition coefficient (Wildman–Crippen LogP) is 2.85. The van der Waals surface area contributed by atoms with Crippen LogP contribution in [0.2, 0.25) is 0 Å². The van der Waals surface area contributed by atoms with Crippen LogP contribution in [0.3, 0.4) is 0 Å². The Balaban J connectivity index is 3.24. The topological polar surface area (TPSA) is 37.3 Å². The first-order valence-electron chi connectivity index (χ1n) is 4.95. The molecule has 0 amide bonds. The molecule has 0 aromatic heterocycles. The summed E-state index contributed by atoms with van der Waals surface area (Å²) in [5, 5.41) is 9.34. The van der Waals surface area contributed by atoms with Crippen LogP contribution in [0.25, 0.3) is 0 Å². The first kappa shape index (κ1) is 11.5. The normalized spacial score (nSPS) is 16.4. The molecule has 2 nitrogen and oxygen atoms in total. The van der Waals surface area contributed by atoms with Gasteiger partial charge in [-0.25, -0.2) is 0 Å². The third-order valence-electron chi connectivity index (χ3n) is 3.08. The van der Waals surface area contributed by atoms with Gasteiger partial charge in [-0.3, -0.25) is 4.79 Å². The molecule has 0 saturated carbocycles. The minimum Gasteiger partial charge on any atom is -0.481 e. The third kappa shape index (κ3) is 1.94. The summed E-state index contributed by atoms with van der Waals surface area (Å²) in [4.78, 5) is 11.4. The Bertz CT molecular complexity index is 356. The van der Waals surface area contributed by atoms with Gasteiger partial charge in [0.05, 0.1) is 5.41 Å². The van der Waals surface area contributed by atoms with E-state index in [0.29, 0.717) is 0 Å². The Labute approximate surface area is 90.3 Å². The third-order valence-corrected chi connectivity index (χ3v) is 3.08. The summed E-state index contributed by atoms with van der Waals surface area (Å²) >= 11 is 0. The molecule has 80 valence electrons. The Morgan fingerprint density at radius 2 is 2.00 bits per heavy atom. The minimum atomic E-state index is -0.900. The van der Waals surface area contributed by atoms with Crippen LogP contribution in [0, 0.1) is 5.92 Å². The van der Waals surface area contributed by atoms with E-state index < -0.39 is 11.4 Å². The number of aliphatic carboxylic acids is 1. The minimum absolute atomic E-state index is 0.114. The van der Waals surface area contributed by atoms with E-state index in [-0.39, 0.29) is 5.92 Å². The monoisotopic (exact) mass is 204 g/mol. The largest absolute Gasteiger partial charge is 0.481 e. The van der Waals surface area contributed by atoms with Crippen LogP contribution in [-0.4, -0.2) is 11.1 Å². The van der Waals surface area contributed by atoms with Gasteiger partial charge in [0.2, 0.25) is 0 Å². The van der Waals surface area contributed by atoms with Gasteiger partial charge in [0.1, 0.15) is 0 Å². The quantitative estimate of drug-likeness (QED) is 0.766. The molecule has 0 aliphatic heterocycles. The molecule has 0 bridgehead atoms. The SMILES string of the molecule is C=CC(C)C(C)(C(=O)O)c1ccccc1. The second kappa shape index (κ2) is 4.30. The number of carbonyl (C=O) groups is 1. The standard InChI is InChI=1S/C13H16O2/c1-4-10(2)13(3,12(14)15)11-8-6-5-7-9-11/h4-10H,1H2,2-3H3,(H,14,15). The summed E-state index contributed by atoms with van der Waals surface area (Å²) in [6, 6.07) is 9.27. The van der Waals surface area contributed by atoms with Crippen molar-refractivity contribution in [3.8, 4) is 0 Å². The van der Waals surface area contributed by atoms with Gasteiger partial charge in [0.25, 0.3) is 0 Å². The van der Waals surface area contributed by atoms with Crippen LogP contribution in [0.15, 0.2) is 43.0 Å². The Hall–Kier alpha value is -1.57. The number of rotatable bonds is 4. The molecule has 2 atom stereocenters. The maximum Gasteiger partial charge on any atom is 0.314 e. The lowest BCUT2D eigenvalue weighted by Crippen LogP contribution is -2.38. The molecule has 0 aliphatic rings. The zero-order valence-corrected chi connectivity index (χ0v) is 9.10. The van der Waals surface area contributed by atoms with Crippen LogP contribution >= 0.6 is 0 Å². The van der Waals surface area contributed by atoms with Gasteiger partial charge >= 0.3 is 5.97 Å². The molecule has 1 aromatic carbocycles. The molecule has 2 unspecified atom stereocenters. The molecule has 0 heterocycles. The van der Waals surface area contributed by atoms with Crippen molar-refractivity contribution < 1.29 is 9.90 Å². The van der Waals surface area contributed by atoms with E-state index in [4.69, 9.17) is 0 Å². The van der Waals surface area contributed by atoms with Gasteiger partial charge in [0, 0.05) is 0 Å². The van der Waals surface area contributed by atoms with Gasteiger partial charge in [0.15, 0.2) is 0 Å². The molecule has 15 heavy (non-hydrogen) atoms. The molecule has 0 saturated heterocycles. The lowest BCUT2D eigenvalue weighted by Gasteiger charge is -2.29. The second-order valence-electron chi connectivity index (χ2n) is 3.90. The summed E-state index contributed by atoms with van der Waals surface area (Å²) < 4.78 is 0. The number of hydrogen-bond donors (Lipinski definition) is 1. The molecular weight excluding hydrogens is 188 g/mol. The van der Waals surface area contributed by atoms with Crippen molar-refractivity contribution in [2.45, 2.75) is 19.3 Å². The van der Waals surface area contributed by atoms with Crippen LogP contribution in [0.4, 0.5) is 0 Å². The fourth-order valence-electron chi connectivity index (χ4n) is 1.60. The van der Waals surface area contributed by atoms with E-state index in [1.807, 2.05) is 37.3 Å². The van der Waals surface area contributed by atoms with Crippen molar-refractivity contribution in [1.82, 2.24) is 0 Å². The molecule has 0 spiro atoms. The zero-order valence-electron chi connectivity index (χ0n) is 9.10. The van der Waals surface area contributed by atoms with Gasteiger partial charge in [-0.05, 0) is 18.4 Å². The molecule has 0 aliphatic carbocycles. The van der Waals surface area contributed by atoms with Gasteiger partial charge in [-0.1, -0.05) is 43.3 Å².